The number of benzene rings is 1. The Hall–Kier alpha value is -0.930. The van der Waals surface area contributed by atoms with Crippen LogP contribution < -0.4 is 5.32 Å². The van der Waals surface area contributed by atoms with Crippen LogP contribution in [0.5, 0.6) is 0 Å². The molecular formula is C13H18N2S. The Morgan fingerprint density at radius 2 is 2.12 bits per heavy atom. The lowest BCUT2D eigenvalue weighted by atomic mass is 10.2. The molecule has 2 nitrogen and oxygen atoms in total. The number of hydrogen-bond donors (Lipinski definition) is 1. The van der Waals surface area contributed by atoms with E-state index in [0.717, 1.165) is 25.0 Å². The number of nitrogens with zero attached hydrogens (tertiary/aromatic N) is 1. The summed E-state index contributed by atoms with van der Waals surface area (Å²) in [5, 5.41) is 4.62. The maximum absolute atomic E-state index is 4.63. The second-order valence-electron chi connectivity index (χ2n) is 3.89. The lowest BCUT2D eigenvalue weighted by molar-refractivity contribution is 0.640. The summed E-state index contributed by atoms with van der Waals surface area (Å²) >= 11 is 1.83. The number of rotatable bonds is 6. The highest BCUT2D eigenvalue weighted by Gasteiger charge is 2.02. The van der Waals surface area contributed by atoms with Crippen LogP contribution in [0.2, 0.25) is 0 Å². The third-order valence-corrected chi connectivity index (χ3v) is 3.68. The van der Waals surface area contributed by atoms with Gasteiger partial charge in [-0.1, -0.05) is 19.1 Å². The van der Waals surface area contributed by atoms with Crippen molar-refractivity contribution in [2.45, 2.75) is 26.2 Å². The van der Waals surface area contributed by atoms with Gasteiger partial charge in [0.1, 0.15) is 0 Å². The summed E-state index contributed by atoms with van der Waals surface area (Å²) in [6.07, 6.45) is 3.58. The minimum absolute atomic E-state index is 1.07. The molecular weight excluding hydrogens is 216 g/mol. The number of thiazole rings is 1. The third kappa shape index (κ3) is 3.03. The molecule has 0 atom stereocenters. The fourth-order valence-corrected chi connectivity index (χ4v) is 2.74. The second kappa shape index (κ2) is 5.97. The molecule has 0 amide bonds. The number of hydrogen-bond acceptors (Lipinski definition) is 3. The van der Waals surface area contributed by atoms with Gasteiger partial charge >= 0.3 is 0 Å². The zero-order valence-electron chi connectivity index (χ0n) is 9.70. The molecule has 1 N–H and O–H groups in total. The van der Waals surface area contributed by atoms with Crippen molar-refractivity contribution in [2.24, 2.45) is 0 Å². The molecule has 0 unspecified atom stereocenters. The molecule has 1 aromatic carbocycles. The second-order valence-corrected chi connectivity index (χ2v) is 5.00. The molecule has 2 rings (SSSR count). The zero-order valence-corrected chi connectivity index (χ0v) is 10.5. The number of unbranched alkanes of at least 4 members (excludes halogenated alkanes) is 1. The quantitative estimate of drug-likeness (QED) is 0.776. The van der Waals surface area contributed by atoms with Gasteiger partial charge in [-0.3, -0.25) is 0 Å². The summed E-state index contributed by atoms with van der Waals surface area (Å²) in [5.74, 6) is 0. The number of aromatic nitrogens is 1. The standard InChI is InChI=1S/C13H18N2S/c1-2-14-10-6-5-9-13-15-11-7-3-4-8-12(11)16-13/h3-4,7-8,14H,2,5-6,9-10H2,1H3. The van der Waals surface area contributed by atoms with Gasteiger partial charge in [0, 0.05) is 0 Å². The van der Waals surface area contributed by atoms with E-state index in [4.69, 9.17) is 0 Å². The Kier molecular flexibility index (Phi) is 4.31. The van der Waals surface area contributed by atoms with Crippen LogP contribution in [0.4, 0.5) is 0 Å². The van der Waals surface area contributed by atoms with Crippen molar-refractivity contribution in [1.29, 1.82) is 0 Å². The molecule has 3 heteroatoms. The smallest absolute Gasteiger partial charge is 0.0938 e. The van der Waals surface area contributed by atoms with Gasteiger partial charge in [-0.2, -0.15) is 0 Å². The number of aryl methyl sites for hydroxylation is 1. The van der Waals surface area contributed by atoms with Gasteiger partial charge in [-0.25, -0.2) is 4.98 Å². The van der Waals surface area contributed by atoms with Gasteiger partial charge < -0.3 is 5.32 Å². The molecule has 0 saturated carbocycles. The summed E-state index contributed by atoms with van der Waals surface area (Å²) in [7, 11) is 0. The number of para-hydroxylation sites is 1. The first kappa shape index (κ1) is 11.6. The minimum Gasteiger partial charge on any atom is -0.317 e. The summed E-state index contributed by atoms with van der Waals surface area (Å²) < 4.78 is 1.31. The van der Waals surface area contributed by atoms with E-state index in [9.17, 15) is 0 Å². The van der Waals surface area contributed by atoms with Crippen LogP contribution >= 0.6 is 11.3 Å². The van der Waals surface area contributed by atoms with Gasteiger partial charge in [0.05, 0.1) is 15.2 Å². The fraction of sp³-hybridized carbons (Fsp3) is 0.462. The SMILES string of the molecule is CCNCCCCc1nc2ccccc2s1. The monoisotopic (exact) mass is 234 g/mol. The highest BCUT2D eigenvalue weighted by atomic mass is 32.1. The summed E-state index contributed by atoms with van der Waals surface area (Å²) in [6, 6.07) is 8.37. The van der Waals surface area contributed by atoms with E-state index in [1.807, 2.05) is 11.3 Å². The first-order chi connectivity index (χ1) is 7.90. The Labute approximate surface area is 101 Å². The van der Waals surface area contributed by atoms with Crippen molar-refractivity contribution in [2.75, 3.05) is 13.1 Å². The minimum atomic E-state index is 1.07. The summed E-state index contributed by atoms with van der Waals surface area (Å²) in [5.41, 5.74) is 1.15. The molecule has 0 saturated heterocycles. The molecule has 0 fully saturated rings. The zero-order chi connectivity index (χ0) is 11.2. The van der Waals surface area contributed by atoms with Crippen LogP contribution in [-0.2, 0) is 6.42 Å². The molecule has 16 heavy (non-hydrogen) atoms. The fourth-order valence-electron chi connectivity index (χ4n) is 1.73. The highest BCUT2D eigenvalue weighted by Crippen LogP contribution is 2.22. The first-order valence-corrected chi connectivity index (χ1v) is 6.77. The van der Waals surface area contributed by atoms with E-state index in [-0.39, 0.29) is 0 Å². The molecule has 0 spiro atoms. The Bertz CT molecular complexity index is 403. The van der Waals surface area contributed by atoms with Crippen LogP contribution in [-0.4, -0.2) is 18.1 Å². The van der Waals surface area contributed by atoms with Crippen molar-refractivity contribution < 1.29 is 0 Å². The predicted octanol–water partition coefficient (Wildman–Crippen LogP) is 3.23. The van der Waals surface area contributed by atoms with Crippen molar-refractivity contribution in [1.82, 2.24) is 10.3 Å². The first-order valence-electron chi connectivity index (χ1n) is 5.95. The number of nitrogens with one attached hydrogen (secondary N) is 1. The Balaban J connectivity index is 1.85. The maximum Gasteiger partial charge on any atom is 0.0938 e. The van der Waals surface area contributed by atoms with E-state index in [0.29, 0.717) is 0 Å². The summed E-state index contributed by atoms with van der Waals surface area (Å²) in [6.45, 7) is 4.34. The summed E-state index contributed by atoms with van der Waals surface area (Å²) in [4.78, 5) is 4.63. The Morgan fingerprint density at radius 3 is 2.94 bits per heavy atom. The molecule has 2 aromatic rings. The number of fused-ring (bicyclic) bond motifs is 1. The highest BCUT2D eigenvalue weighted by molar-refractivity contribution is 7.18. The molecule has 1 aromatic heterocycles. The average molecular weight is 234 g/mol. The van der Waals surface area contributed by atoms with Crippen LogP contribution in [0, 0.1) is 0 Å². The predicted molar refractivity (Wildman–Crippen MR) is 71.1 cm³/mol. The van der Waals surface area contributed by atoms with Crippen LogP contribution in [0.3, 0.4) is 0 Å². The Morgan fingerprint density at radius 1 is 1.25 bits per heavy atom. The van der Waals surface area contributed by atoms with Crippen LogP contribution in [0.25, 0.3) is 10.2 Å². The molecule has 0 aliphatic heterocycles. The van der Waals surface area contributed by atoms with E-state index in [1.165, 1.54) is 22.5 Å². The van der Waals surface area contributed by atoms with Crippen LogP contribution in [0.15, 0.2) is 24.3 Å². The lowest BCUT2D eigenvalue weighted by Gasteiger charge is -1.99. The van der Waals surface area contributed by atoms with Gasteiger partial charge in [0.2, 0.25) is 0 Å². The normalized spacial score (nSPS) is 11.1. The van der Waals surface area contributed by atoms with Gasteiger partial charge in [0.15, 0.2) is 0 Å². The van der Waals surface area contributed by atoms with E-state index < -0.39 is 0 Å². The largest absolute Gasteiger partial charge is 0.317 e. The molecule has 0 aliphatic rings. The lowest BCUT2D eigenvalue weighted by Crippen LogP contribution is -2.13. The van der Waals surface area contributed by atoms with Crippen molar-refractivity contribution in [3.63, 3.8) is 0 Å². The van der Waals surface area contributed by atoms with E-state index >= 15 is 0 Å². The average Bonchev–Trinajstić information content (AvgIpc) is 2.71. The van der Waals surface area contributed by atoms with Gasteiger partial charge in [-0.05, 0) is 44.5 Å². The molecule has 0 aliphatic carbocycles. The molecule has 0 bridgehead atoms. The van der Waals surface area contributed by atoms with Crippen molar-refractivity contribution in [3.05, 3.63) is 29.3 Å². The third-order valence-electron chi connectivity index (χ3n) is 2.58. The molecule has 86 valence electrons. The van der Waals surface area contributed by atoms with Gasteiger partial charge in [0.25, 0.3) is 0 Å². The van der Waals surface area contributed by atoms with Crippen molar-refractivity contribution >= 4 is 21.6 Å². The van der Waals surface area contributed by atoms with E-state index in [1.54, 1.807) is 0 Å². The van der Waals surface area contributed by atoms with Crippen molar-refractivity contribution in [3.8, 4) is 0 Å². The topological polar surface area (TPSA) is 24.9 Å². The maximum atomic E-state index is 4.63. The molecule has 0 radical (unpaired) electrons. The van der Waals surface area contributed by atoms with Crippen LogP contribution in [0.1, 0.15) is 24.8 Å². The van der Waals surface area contributed by atoms with E-state index in [2.05, 4.69) is 41.5 Å². The van der Waals surface area contributed by atoms with Gasteiger partial charge in [-0.15, -0.1) is 11.3 Å². The molecule has 1 heterocycles.